The van der Waals surface area contributed by atoms with Crippen LogP contribution in [0.1, 0.15) is 40.5 Å². The SMILES string of the molecule is CCC(CN)CC(=O)NCC(=O)NC(C)(C)C. The van der Waals surface area contributed by atoms with Crippen LogP contribution in [0.4, 0.5) is 0 Å². The number of nitrogens with two attached hydrogens (primary N) is 1. The van der Waals surface area contributed by atoms with Crippen LogP contribution in [0.15, 0.2) is 0 Å². The van der Waals surface area contributed by atoms with Gasteiger partial charge in [0.2, 0.25) is 11.8 Å². The first-order valence-electron chi connectivity index (χ1n) is 6.06. The number of hydrogen-bond donors (Lipinski definition) is 3. The molecule has 0 saturated heterocycles. The predicted molar refractivity (Wildman–Crippen MR) is 68.4 cm³/mol. The minimum atomic E-state index is -0.273. The maximum atomic E-state index is 11.5. The molecule has 0 radical (unpaired) electrons. The average Bonchev–Trinajstić information content (AvgIpc) is 2.20. The number of rotatable bonds is 6. The number of amides is 2. The van der Waals surface area contributed by atoms with E-state index in [1.165, 1.54) is 0 Å². The van der Waals surface area contributed by atoms with Crippen LogP contribution in [0.2, 0.25) is 0 Å². The van der Waals surface area contributed by atoms with Crippen molar-refractivity contribution in [3.05, 3.63) is 0 Å². The van der Waals surface area contributed by atoms with Crippen molar-refractivity contribution >= 4 is 11.8 Å². The lowest BCUT2D eigenvalue weighted by atomic mass is 10.0. The standard InChI is InChI=1S/C12H25N3O2/c1-5-9(7-13)6-10(16)14-8-11(17)15-12(2,3)4/h9H,5-8,13H2,1-4H3,(H,14,16)(H,15,17). The zero-order chi connectivity index (χ0) is 13.5. The number of nitrogens with one attached hydrogen (secondary N) is 2. The number of carbonyl (C=O) groups is 2. The second kappa shape index (κ2) is 7.27. The van der Waals surface area contributed by atoms with Gasteiger partial charge in [-0.3, -0.25) is 9.59 Å². The molecular weight excluding hydrogens is 218 g/mol. The summed E-state index contributed by atoms with van der Waals surface area (Å²) in [4.78, 5) is 22.9. The van der Waals surface area contributed by atoms with Crippen molar-refractivity contribution < 1.29 is 9.59 Å². The average molecular weight is 243 g/mol. The summed E-state index contributed by atoms with van der Waals surface area (Å²) < 4.78 is 0. The van der Waals surface area contributed by atoms with Crippen LogP contribution in [0.25, 0.3) is 0 Å². The molecular formula is C12H25N3O2. The Balaban J connectivity index is 3.88. The highest BCUT2D eigenvalue weighted by Gasteiger charge is 2.15. The molecule has 4 N–H and O–H groups in total. The van der Waals surface area contributed by atoms with E-state index in [1.807, 2.05) is 27.7 Å². The van der Waals surface area contributed by atoms with Crippen molar-refractivity contribution in [3.8, 4) is 0 Å². The van der Waals surface area contributed by atoms with E-state index in [4.69, 9.17) is 5.73 Å². The van der Waals surface area contributed by atoms with E-state index in [0.717, 1.165) is 6.42 Å². The van der Waals surface area contributed by atoms with Gasteiger partial charge < -0.3 is 16.4 Å². The van der Waals surface area contributed by atoms with Gasteiger partial charge in [0, 0.05) is 12.0 Å². The third kappa shape index (κ3) is 8.68. The van der Waals surface area contributed by atoms with Gasteiger partial charge in [-0.15, -0.1) is 0 Å². The first-order chi connectivity index (χ1) is 7.78. The lowest BCUT2D eigenvalue weighted by Gasteiger charge is -2.20. The fraction of sp³-hybridized carbons (Fsp3) is 0.833. The van der Waals surface area contributed by atoms with Gasteiger partial charge in [-0.2, -0.15) is 0 Å². The zero-order valence-corrected chi connectivity index (χ0v) is 11.3. The van der Waals surface area contributed by atoms with Crippen LogP contribution >= 0.6 is 0 Å². The Morgan fingerprint density at radius 2 is 1.82 bits per heavy atom. The summed E-state index contributed by atoms with van der Waals surface area (Å²) in [7, 11) is 0. The molecule has 5 nitrogen and oxygen atoms in total. The third-order valence-corrected chi connectivity index (χ3v) is 2.35. The molecule has 5 heteroatoms. The molecule has 0 saturated carbocycles. The predicted octanol–water partition coefficient (Wildman–Crippen LogP) is 0.392. The van der Waals surface area contributed by atoms with Crippen molar-refractivity contribution in [2.75, 3.05) is 13.1 Å². The molecule has 0 aliphatic heterocycles. The number of carbonyl (C=O) groups excluding carboxylic acids is 2. The fourth-order valence-electron chi connectivity index (χ4n) is 1.37. The van der Waals surface area contributed by atoms with Crippen LogP contribution in [-0.4, -0.2) is 30.4 Å². The van der Waals surface area contributed by atoms with Gasteiger partial charge in [-0.25, -0.2) is 0 Å². The molecule has 0 aliphatic rings. The highest BCUT2D eigenvalue weighted by molar-refractivity contribution is 5.85. The molecule has 2 amide bonds. The first kappa shape index (κ1) is 15.9. The summed E-state index contributed by atoms with van der Waals surface area (Å²) >= 11 is 0. The van der Waals surface area contributed by atoms with Gasteiger partial charge in [-0.1, -0.05) is 13.3 Å². The van der Waals surface area contributed by atoms with E-state index in [0.29, 0.717) is 13.0 Å². The second-order valence-corrected chi connectivity index (χ2v) is 5.29. The van der Waals surface area contributed by atoms with E-state index < -0.39 is 0 Å². The lowest BCUT2D eigenvalue weighted by molar-refractivity contribution is -0.127. The molecule has 100 valence electrons. The van der Waals surface area contributed by atoms with Crippen molar-refractivity contribution in [1.29, 1.82) is 0 Å². The monoisotopic (exact) mass is 243 g/mol. The highest BCUT2D eigenvalue weighted by atomic mass is 16.2. The van der Waals surface area contributed by atoms with Crippen LogP contribution in [0, 0.1) is 5.92 Å². The summed E-state index contributed by atoms with van der Waals surface area (Å²) in [5, 5.41) is 5.38. The maximum Gasteiger partial charge on any atom is 0.239 e. The van der Waals surface area contributed by atoms with Gasteiger partial charge >= 0.3 is 0 Å². The van der Waals surface area contributed by atoms with Crippen molar-refractivity contribution in [3.63, 3.8) is 0 Å². The minimum absolute atomic E-state index is 0.0249. The Hall–Kier alpha value is -1.10. The quantitative estimate of drug-likeness (QED) is 0.631. The van der Waals surface area contributed by atoms with E-state index in [1.54, 1.807) is 0 Å². The second-order valence-electron chi connectivity index (χ2n) is 5.29. The Morgan fingerprint density at radius 3 is 2.24 bits per heavy atom. The van der Waals surface area contributed by atoms with Gasteiger partial charge in [0.25, 0.3) is 0 Å². The molecule has 1 atom stereocenters. The van der Waals surface area contributed by atoms with Crippen LogP contribution in [0.5, 0.6) is 0 Å². The largest absolute Gasteiger partial charge is 0.350 e. The first-order valence-corrected chi connectivity index (χ1v) is 6.06. The third-order valence-electron chi connectivity index (χ3n) is 2.35. The van der Waals surface area contributed by atoms with Crippen molar-refractivity contribution in [1.82, 2.24) is 10.6 Å². The fourth-order valence-corrected chi connectivity index (χ4v) is 1.37. The van der Waals surface area contributed by atoms with Gasteiger partial charge in [0.05, 0.1) is 6.54 Å². The molecule has 1 unspecified atom stereocenters. The van der Waals surface area contributed by atoms with E-state index in [-0.39, 0.29) is 29.8 Å². The van der Waals surface area contributed by atoms with Gasteiger partial charge in [0.1, 0.15) is 0 Å². The van der Waals surface area contributed by atoms with Crippen molar-refractivity contribution in [2.24, 2.45) is 11.7 Å². The molecule has 0 bridgehead atoms. The van der Waals surface area contributed by atoms with Crippen molar-refractivity contribution in [2.45, 2.75) is 46.1 Å². The molecule has 0 spiro atoms. The summed E-state index contributed by atoms with van der Waals surface area (Å²) in [6.45, 7) is 8.21. The topological polar surface area (TPSA) is 84.2 Å². The van der Waals surface area contributed by atoms with E-state index in [9.17, 15) is 9.59 Å². The van der Waals surface area contributed by atoms with Gasteiger partial charge in [-0.05, 0) is 33.2 Å². The Morgan fingerprint density at radius 1 is 1.24 bits per heavy atom. The Labute approximate surface area is 104 Å². The summed E-state index contributed by atoms with van der Waals surface area (Å²) in [6, 6.07) is 0. The summed E-state index contributed by atoms with van der Waals surface area (Å²) in [6.07, 6.45) is 1.26. The smallest absolute Gasteiger partial charge is 0.239 e. The van der Waals surface area contributed by atoms with Gasteiger partial charge in [0.15, 0.2) is 0 Å². The maximum absolute atomic E-state index is 11.5. The van der Waals surface area contributed by atoms with E-state index in [2.05, 4.69) is 10.6 Å². The Bertz CT molecular complexity index is 255. The molecule has 17 heavy (non-hydrogen) atoms. The molecule has 0 aliphatic carbocycles. The minimum Gasteiger partial charge on any atom is -0.350 e. The lowest BCUT2D eigenvalue weighted by Crippen LogP contribution is -2.46. The highest BCUT2D eigenvalue weighted by Crippen LogP contribution is 2.05. The molecule has 0 rings (SSSR count). The van der Waals surface area contributed by atoms with Crippen LogP contribution in [0.3, 0.4) is 0 Å². The molecule has 0 aromatic rings. The molecule has 0 aromatic heterocycles. The Kier molecular flexibility index (Phi) is 6.80. The molecule has 0 heterocycles. The van der Waals surface area contributed by atoms with Crippen LogP contribution < -0.4 is 16.4 Å². The molecule has 0 aromatic carbocycles. The normalized spacial score (nSPS) is 13.0. The number of hydrogen-bond acceptors (Lipinski definition) is 3. The summed E-state index contributed by atoms with van der Waals surface area (Å²) in [5.74, 6) is -0.0984. The van der Waals surface area contributed by atoms with E-state index >= 15 is 0 Å². The van der Waals surface area contributed by atoms with Crippen LogP contribution in [-0.2, 0) is 9.59 Å². The zero-order valence-electron chi connectivity index (χ0n) is 11.3. The summed E-state index contributed by atoms with van der Waals surface area (Å²) in [5.41, 5.74) is 5.24. The molecule has 0 fully saturated rings.